The molecule has 0 unspecified atom stereocenters. The number of likely N-dealkylation sites (N-methyl/N-ethyl adjacent to an activating group) is 1. The van der Waals surface area contributed by atoms with Crippen LogP contribution < -0.4 is 5.32 Å². The summed E-state index contributed by atoms with van der Waals surface area (Å²) in [5.41, 5.74) is 1.49. The Hall–Kier alpha value is -2.95. The fraction of sp³-hybridized carbons (Fsp3) is 0.438. The molecule has 2 rings (SSSR count). The van der Waals surface area contributed by atoms with E-state index in [-0.39, 0.29) is 11.6 Å². The third-order valence-electron chi connectivity index (χ3n) is 3.58. The van der Waals surface area contributed by atoms with Crippen molar-refractivity contribution < 1.29 is 4.79 Å². The number of anilines is 1. The summed E-state index contributed by atoms with van der Waals surface area (Å²) < 4.78 is 1.65. The molecule has 0 spiro atoms. The SMILES string of the molecule is CCC(=O)N(CC)CCNc1cnc(C#N)c(-c2cnn(C)c2)n1. The molecule has 126 valence electrons. The largest absolute Gasteiger partial charge is 0.367 e. The monoisotopic (exact) mass is 327 g/mol. The Kier molecular flexibility index (Phi) is 5.84. The van der Waals surface area contributed by atoms with Crippen LogP contribution in [0.5, 0.6) is 0 Å². The van der Waals surface area contributed by atoms with Gasteiger partial charge in [-0.3, -0.25) is 9.48 Å². The Bertz CT molecular complexity index is 747. The number of aryl methyl sites for hydroxylation is 1. The lowest BCUT2D eigenvalue weighted by atomic mass is 10.2. The van der Waals surface area contributed by atoms with Gasteiger partial charge in [0.1, 0.15) is 17.6 Å². The highest BCUT2D eigenvalue weighted by atomic mass is 16.2. The zero-order valence-corrected chi connectivity index (χ0v) is 14.2. The number of nitrogens with one attached hydrogen (secondary N) is 1. The highest BCUT2D eigenvalue weighted by molar-refractivity contribution is 5.75. The lowest BCUT2D eigenvalue weighted by molar-refractivity contribution is -0.130. The average Bonchev–Trinajstić information content (AvgIpc) is 3.04. The molecule has 2 aromatic rings. The van der Waals surface area contributed by atoms with E-state index in [0.717, 1.165) is 5.56 Å². The van der Waals surface area contributed by atoms with Crippen molar-refractivity contribution in [2.24, 2.45) is 7.05 Å². The summed E-state index contributed by atoms with van der Waals surface area (Å²) >= 11 is 0. The van der Waals surface area contributed by atoms with Crippen molar-refractivity contribution in [1.29, 1.82) is 5.26 Å². The molecule has 0 aliphatic rings. The Labute approximate surface area is 141 Å². The number of hydrogen-bond acceptors (Lipinski definition) is 6. The summed E-state index contributed by atoms with van der Waals surface area (Å²) in [7, 11) is 1.80. The molecular formula is C16H21N7O. The highest BCUT2D eigenvalue weighted by Crippen LogP contribution is 2.20. The first-order chi connectivity index (χ1) is 11.6. The first-order valence-corrected chi connectivity index (χ1v) is 7.86. The minimum atomic E-state index is 0.126. The molecule has 0 saturated heterocycles. The maximum Gasteiger partial charge on any atom is 0.222 e. The van der Waals surface area contributed by atoms with E-state index < -0.39 is 0 Å². The fourth-order valence-electron chi connectivity index (χ4n) is 2.30. The summed E-state index contributed by atoms with van der Waals surface area (Å²) in [5.74, 6) is 0.689. The predicted octanol–water partition coefficient (Wildman–Crippen LogP) is 1.42. The second-order valence-corrected chi connectivity index (χ2v) is 5.22. The maximum absolute atomic E-state index is 11.7. The van der Waals surface area contributed by atoms with Gasteiger partial charge in [0.05, 0.1) is 12.4 Å². The van der Waals surface area contributed by atoms with Crippen molar-refractivity contribution in [2.45, 2.75) is 20.3 Å². The van der Waals surface area contributed by atoms with Crippen molar-refractivity contribution in [2.75, 3.05) is 25.0 Å². The quantitative estimate of drug-likeness (QED) is 0.825. The Balaban J connectivity index is 2.09. The van der Waals surface area contributed by atoms with Crippen molar-refractivity contribution in [3.63, 3.8) is 0 Å². The molecule has 0 aliphatic heterocycles. The molecule has 0 fully saturated rings. The Morgan fingerprint density at radius 1 is 1.42 bits per heavy atom. The van der Waals surface area contributed by atoms with Crippen LogP contribution in [0.15, 0.2) is 18.6 Å². The van der Waals surface area contributed by atoms with Crippen molar-refractivity contribution in [3.8, 4) is 17.3 Å². The van der Waals surface area contributed by atoms with Crippen molar-refractivity contribution in [3.05, 3.63) is 24.3 Å². The summed E-state index contributed by atoms with van der Waals surface area (Å²) in [6.45, 7) is 5.63. The third kappa shape index (κ3) is 4.07. The first kappa shape index (κ1) is 17.4. The second-order valence-electron chi connectivity index (χ2n) is 5.22. The van der Waals surface area contributed by atoms with Crippen LogP contribution in [0.4, 0.5) is 5.82 Å². The Morgan fingerprint density at radius 2 is 2.21 bits per heavy atom. The van der Waals surface area contributed by atoms with Gasteiger partial charge in [-0.1, -0.05) is 6.92 Å². The molecule has 24 heavy (non-hydrogen) atoms. The second kappa shape index (κ2) is 8.06. The molecule has 0 saturated carbocycles. The van der Waals surface area contributed by atoms with Gasteiger partial charge in [-0.2, -0.15) is 10.4 Å². The molecule has 0 radical (unpaired) electrons. The van der Waals surface area contributed by atoms with E-state index in [4.69, 9.17) is 0 Å². The molecule has 0 aliphatic carbocycles. The predicted molar refractivity (Wildman–Crippen MR) is 90.0 cm³/mol. The summed E-state index contributed by atoms with van der Waals surface area (Å²) in [6, 6.07) is 2.05. The van der Waals surface area contributed by atoms with Gasteiger partial charge in [0.2, 0.25) is 5.91 Å². The number of amides is 1. The minimum absolute atomic E-state index is 0.126. The van der Waals surface area contributed by atoms with Crippen LogP contribution in [0, 0.1) is 11.3 Å². The number of aromatic nitrogens is 4. The number of rotatable bonds is 7. The fourth-order valence-corrected chi connectivity index (χ4v) is 2.30. The third-order valence-corrected chi connectivity index (χ3v) is 3.58. The lowest BCUT2D eigenvalue weighted by Gasteiger charge is -2.20. The van der Waals surface area contributed by atoms with E-state index in [2.05, 4.69) is 20.4 Å². The highest BCUT2D eigenvalue weighted by Gasteiger charge is 2.12. The van der Waals surface area contributed by atoms with Crippen molar-refractivity contribution in [1.82, 2.24) is 24.6 Å². The lowest BCUT2D eigenvalue weighted by Crippen LogP contribution is -2.34. The topological polar surface area (TPSA) is 99.7 Å². The first-order valence-electron chi connectivity index (χ1n) is 7.86. The van der Waals surface area contributed by atoms with E-state index in [1.807, 2.05) is 19.9 Å². The standard InChI is InChI=1S/C16H21N7O/c1-4-15(24)23(5-2)7-6-18-14-10-19-13(8-17)16(21-14)12-9-20-22(3)11-12/h9-11H,4-7H2,1-3H3,(H,18,21). The van der Waals surface area contributed by atoms with Gasteiger partial charge in [0.15, 0.2) is 5.69 Å². The van der Waals surface area contributed by atoms with Crippen LogP contribution in [0.25, 0.3) is 11.3 Å². The molecule has 1 amide bonds. The van der Waals surface area contributed by atoms with Gasteiger partial charge < -0.3 is 10.2 Å². The van der Waals surface area contributed by atoms with Gasteiger partial charge in [-0.15, -0.1) is 0 Å². The van der Waals surface area contributed by atoms with Gasteiger partial charge in [0, 0.05) is 44.9 Å². The van der Waals surface area contributed by atoms with Crippen LogP contribution >= 0.6 is 0 Å². The van der Waals surface area contributed by atoms with Crippen LogP contribution in [0.3, 0.4) is 0 Å². The van der Waals surface area contributed by atoms with Gasteiger partial charge in [0.25, 0.3) is 0 Å². The van der Waals surface area contributed by atoms with Gasteiger partial charge in [-0.25, -0.2) is 9.97 Å². The van der Waals surface area contributed by atoms with E-state index in [1.165, 1.54) is 6.20 Å². The molecule has 8 nitrogen and oxygen atoms in total. The minimum Gasteiger partial charge on any atom is -0.367 e. The molecule has 0 bridgehead atoms. The number of nitrogens with zero attached hydrogens (tertiary/aromatic N) is 6. The molecule has 1 N–H and O–H groups in total. The van der Waals surface area contributed by atoms with Gasteiger partial charge in [-0.05, 0) is 6.92 Å². The number of carbonyl (C=O) groups is 1. The summed E-state index contributed by atoms with van der Waals surface area (Å²) in [5, 5.41) is 16.5. The van der Waals surface area contributed by atoms with Crippen LogP contribution in [-0.2, 0) is 11.8 Å². The number of nitriles is 1. The maximum atomic E-state index is 11.7. The van der Waals surface area contributed by atoms with Crippen molar-refractivity contribution >= 4 is 11.7 Å². The van der Waals surface area contributed by atoms with E-state index in [0.29, 0.717) is 37.6 Å². The molecule has 2 heterocycles. The van der Waals surface area contributed by atoms with Crippen LogP contribution in [0.2, 0.25) is 0 Å². The van der Waals surface area contributed by atoms with Crippen LogP contribution in [-0.4, -0.2) is 50.2 Å². The zero-order valence-electron chi connectivity index (χ0n) is 14.2. The summed E-state index contributed by atoms with van der Waals surface area (Å²) in [6.07, 6.45) is 5.45. The average molecular weight is 327 g/mol. The molecule has 2 aromatic heterocycles. The normalized spacial score (nSPS) is 10.2. The molecule has 8 heteroatoms. The molecular weight excluding hydrogens is 306 g/mol. The number of hydrogen-bond donors (Lipinski definition) is 1. The smallest absolute Gasteiger partial charge is 0.222 e. The zero-order chi connectivity index (χ0) is 17.5. The van der Waals surface area contributed by atoms with Crippen LogP contribution in [0.1, 0.15) is 26.0 Å². The molecule has 0 aromatic carbocycles. The Morgan fingerprint density at radius 3 is 2.79 bits per heavy atom. The van der Waals surface area contributed by atoms with E-state index in [1.54, 1.807) is 29.0 Å². The number of carbonyl (C=O) groups excluding carboxylic acids is 1. The summed E-state index contributed by atoms with van der Waals surface area (Å²) in [4.78, 5) is 22.1. The molecule has 0 atom stereocenters. The van der Waals surface area contributed by atoms with Gasteiger partial charge >= 0.3 is 0 Å². The van der Waals surface area contributed by atoms with E-state index in [9.17, 15) is 10.1 Å². The van der Waals surface area contributed by atoms with E-state index >= 15 is 0 Å².